The van der Waals surface area contributed by atoms with Crippen molar-refractivity contribution in [3.05, 3.63) is 0 Å². The molecule has 0 aliphatic rings. The second-order valence-electron chi connectivity index (χ2n) is 24.2. The zero-order valence-corrected chi connectivity index (χ0v) is 56.0. The van der Waals surface area contributed by atoms with Gasteiger partial charge in [0.15, 0.2) is 12.2 Å². The molecule has 0 saturated carbocycles. The standard InChI is InChI=1S/C65H126O17P2/c1-7-10-12-14-16-18-19-20-21-22-24-30-37-43-49-64(69)81-60(53-76-63(68)48-42-36-29-26-25-27-33-39-45-57(4)5)55-79-83(71,72)77-51-59(66)52-78-84(73,74)80-56-61(54-75-62(67)47-41-35-28-23-17-15-13-11-8-2)82-65(70)50-44-38-32-31-34-40-46-58(6)9-3/h57-61,66H,7-56H2,1-6H3,(H,71,72)(H,73,74)/t58?,59-,60-,61-/m1/s1. The molecular weight excluding hydrogens is 1110 g/mol. The molecule has 0 aromatic rings. The largest absolute Gasteiger partial charge is 0.472 e. The first-order valence-electron chi connectivity index (χ1n) is 34.0. The number of aliphatic hydroxyl groups excluding tert-OH is 1. The van der Waals surface area contributed by atoms with E-state index in [1.54, 1.807) is 0 Å². The van der Waals surface area contributed by atoms with Crippen LogP contribution in [0.5, 0.6) is 0 Å². The summed E-state index contributed by atoms with van der Waals surface area (Å²) in [6.07, 6.45) is 40.3. The number of unbranched alkanes of at least 4 members (excludes halogenated alkanes) is 33. The minimum Gasteiger partial charge on any atom is -0.462 e. The second kappa shape index (κ2) is 57.5. The third-order valence-corrected chi connectivity index (χ3v) is 17.2. The lowest BCUT2D eigenvalue weighted by Crippen LogP contribution is -2.30. The number of rotatable bonds is 64. The number of carbonyl (C=O) groups is 4. The Hall–Kier alpha value is -1.94. The van der Waals surface area contributed by atoms with E-state index in [9.17, 15) is 43.2 Å². The van der Waals surface area contributed by atoms with E-state index in [0.717, 1.165) is 102 Å². The van der Waals surface area contributed by atoms with Crippen LogP contribution in [0.4, 0.5) is 0 Å². The highest BCUT2D eigenvalue weighted by molar-refractivity contribution is 7.47. The van der Waals surface area contributed by atoms with Crippen molar-refractivity contribution >= 4 is 39.5 Å². The van der Waals surface area contributed by atoms with Crippen LogP contribution in [0.2, 0.25) is 0 Å². The van der Waals surface area contributed by atoms with Crippen LogP contribution in [0.15, 0.2) is 0 Å². The van der Waals surface area contributed by atoms with Crippen LogP contribution in [-0.2, 0) is 65.4 Å². The number of phosphoric acid groups is 2. The molecule has 84 heavy (non-hydrogen) atoms. The highest BCUT2D eigenvalue weighted by Gasteiger charge is 2.30. The molecular formula is C65H126O17P2. The number of ether oxygens (including phenoxy) is 4. The fraction of sp³-hybridized carbons (Fsp3) is 0.938. The molecule has 0 heterocycles. The van der Waals surface area contributed by atoms with Crippen molar-refractivity contribution in [1.29, 1.82) is 0 Å². The minimum absolute atomic E-state index is 0.103. The second-order valence-corrected chi connectivity index (χ2v) is 27.1. The topological polar surface area (TPSA) is 237 Å². The number of carbonyl (C=O) groups excluding carboxylic acids is 4. The van der Waals surface area contributed by atoms with Gasteiger partial charge in [0.1, 0.15) is 19.3 Å². The zero-order valence-electron chi connectivity index (χ0n) is 54.2. The van der Waals surface area contributed by atoms with Gasteiger partial charge in [0.05, 0.1) is 26.4 Å². The number of hydrogen-bond acceptors (Lipinski definition) is 15. The molecule has 3 N–H and O–H groups in total. The first kappa shape index (κ1) is 82.1. The van der Waals surface area contributed by atoms with Gasteiger partial charge < -0.3 is 33.8 Å². The van der Waals surface area contributed by atoms with Crippen LogP contribution in [0.1, 0.15) is 324 Å². The lowest BCUT2D eigenvalue weighted by Gasteiger charge is -2.21. The fourth-order valence-electron chi connectivity index (χ4n) is 9.68. The van der Waals surface area contributed by atoms with Gasteiger partial charge in [-0.1, -0.05) is 273 Å². The Labute approximate surface area is 511 Å². The van der Waals surface area contributed by atoms with Crippen molar-refractivity contribution in [2.75, 3.05) is 39.6 Å². The lowest BCUT2D eigenvalue weighted by atomic mass is 10.00. The van der Waals surface area contributed by atoms with Crippen molar-refractivity contribution in [2.45, 2.75) is 342 Å². The van der Waals surface area contributed by atoms with E-state index in [4.69, 9.17) is 37.0 Å². The van der Waals surface area contributed by atoms with Crippen molar-refractivity contribution in [3.8, 4) is 0 Å². The van der Waals surface area contributed by atoms with Gasteiger partial charge in [-0.25, -0.2) is 9.13 Å². The van der Waals surface area contributed by atoms with Gasteiger partial charge in [-0.15, -0.1) is 0 Å². The van der Waals surface area contributed by atoms with E-state index in [1.807, 2.05) is 0 Å². The Kier molecular flexibility index (Phi) is 56.2. The molecule has 3 unspecified atom stereocenters. The van der Waals surface area contributed by atoms with Crippen molar-refractivity contribution in [2.24, 2.45) is 11.8 Å². The maximum atomic E-state index is 13.0. The third-order valence-electron chi connectivity index (χ3n) is 15.3. The highest BCUT2D eigenvalue weighted by Crippen LogP contribution is 2.45. The van der Waals surface area contributed by atoms with Gasteiger partial charge >= 0.3 is 39.5 Å². The van der Waals surface area contributed by atoms with Gasteiger partial charge in [0.2, 0.25) is 0 Å². The number of phosphoric ester groups is 2. The lowest BCUT2D eigenvalue weighted by molar-refractivity contribution is -0.161. The molecule has 498 valence electrons. The number of hydrogen-bond donors (Lipinski definition) is 3. The minimum atomic E-state index is -4.95. The van der Waals surface area contributed by atoms with Gasteiger partial charge in [0.25, 0.3) is 0 Å². The Balaban J connectivity index is 5.24. The summed E-state index contributed by atoms with van der Waals surface area (Å²) >= 11 is 0. The SMILES string of the molecule is CCCCCCCCCCCCCCCCC(=O)O[C@H](COC(=O)CCCCCCCCCCC(C)C)COP(=O)(O)OC[C@@H](O)COP(=O)(O)OC[C@@H](COC(=O)CCCCCCCCCCC)OC(=O)CCCCCCCCC(C)CC. The van der Waals surface area contributed by atoms with Crippen molar-refractivity contribution in [3.63, 3.8) is 0 Å². The third kappa shape index (κ3) is 57.8. The van der Waals surface area contributed by atoms with Crippen LogP contribution in [0, 0.1) is 11.8 Å². The molecule has 17 nitrogen and oxygen atoms in total. The first-order valence-corrected chi connectivity index (χ1v) is 37.0. The van der Waals surface area contributed by atoms with Crippen LogP contribution >= 0.6 is 15.6 Å². The monoisotopic (exact) mass is 1240 g/mol. The Bertz CT molecular complexity index is 1650. The first-order chi connectivity index (χ1) is 40.4. The molecule has 0 fully saturated rings. The normalized spacial score (nSPS) is 14.6. The fourth-order valence-corrected chi connectivity index (χ4v) is 11.3. The van der Waals surface area contributed by atoms with E-state index in [0.29, 0.717) is 25.7 Å². The number of aliphatic hydroxyl groups is 1. The molecule has 0 aromatic heterocycles. The van der Waals surface area contributed by atoms with Gasteiger partial charge in [-0.2, -0.15) is 0 Å². The molecule has 0 radical (unpaired) electrons. The molecule has 0 rings (SSSR count). The molecule has 0 aromatic carbocycles. The summed E-state index contributed by atoms with van der Waals surface area (Å²) in [4.78, 5) is 72.2. The van der Waals surface area contributed by atoms with E-state index in [1.165, 1.54) is 141 Å². The quantitative estimate of drug-likeness (QED) is 0.0222. The molecule has 19 heteroatoms. The van der Waals surface area contributed by atoms with Crippen LogP contribution in [0.3, 0.4) is 0 Å². The van der Waals surface area contributed by atoms with Gasteiger partial charge in [0, 0.05) is 25.7 Å². The Morgan fingerprint density at radius 3 is 0.905 bits per heavy atom. The Morgan fingerprint density at radius 1 is 0.345 bits per heavy atom. The van der Waals surface area contributed by atoms with Crippen LogP contribution in [0.25, 0.3) is 0 Å². The van der Waals surface area contributed by atoms with E-state index < -0.39 is 97.5 Å². The van der Waals surface area contributed by atoms with Crippen LogP contribution in [-0.4, -0.2) is 96.7 Å². The maximum Gasteiger partial charge on any atom is 0.472 e. The summed E-state index contributed by atoms with van der Waals surface area (Å²) in [7, 11) is -9.89. The molecule has 0 aliphatic carbocycles. The summed E-state index contributed by atoms with van der Waals surface area (Å²) in [5.74, 6) is -0.688. The zero-order chi connectivity index (χ0) is 62.2. The van der Waals surface area contributed by atoms with E-state index >= 15 is 0 Å². The smallest absolute Gasteiger partial charge is 0.462 e. The molecule has 0 spiro atoms. The summed E-state index contributed by atoms with van der Waals surface area (Å²) in [5.41, 5.74) is 0. The molecule has 0 aliphatic heterocycles. The van der Waals surface area contributed by atoms with E-state index in [2.05, 4.69) is 41.5 Å². The number of esters is 4. The summed E-state index contributed by atoms with van der Waals surface area (Å²) in [5, 5.41) is 10.5. The summed E-state index contributed by atoms with van der Waals surface area (Å²) in [6.45, 7) is 9.41. The maximum absolute atomic E-state index is 13.0. The average molecular weight is 1240 g/mol. The van der Waals surface area contributed by atoms with Crippen molar-refractivity contribution in [1.82, 2.24) is 0 Å². The molecule has 6 atom stereocenters. The summed E-state index contributed by atoms with van der Waals surface area (Å²) in [6, 6.07) is 0. The average Bonchev–Trinajstić information content (AvgIpc) is 3.48. The van der Waals surface area contributed by atoms with E-state index in [-0.39, 0.29) is 25.7 Å². The predicted octanol–water partition coefficient (Wildman–Crippen LogP) is 18.0. The molecule has 0 amide bonds. The Morgan fingerprint density at radius 2 is 0.607 bits per heavy atom. The van der Waals surface area contributed by atoms with Crippen LogP contribution < -0.4 is 0 Å². The summed E-state index contributed by atoms with van der Waals surface area (Å²) < 4.78 is 68.0. The molecule has 0 saturated heterocycles. The van der Waals surface area contributed by atoms with Crippen molar-refractivity contribution < 1.29 is 80.2 Å². The molecule has 0 bridgehead atoms. The predicted molar refractivity (Wildman–Crippen MR) is 335 cm³/mol. The van der Waals surface area contributed by atoms with Gasteiger partial charge in [-0.3, -0.25) is 37.3 Å². The highest BCUT2D eigenvalue weighted by atomic mass is 31.2. The van der Waals surface area contributed by atoms with Gasteiger partial charge in [-0.05, 0) is 37.5 Å².